The van der Waals surface area contributed by atoms with Gasteiger partial charge >= 0.3 is 12.1 Å². The fourth-order valence-corrected chi connectivity index (χ4v) is 5.37. The van der Waals surface area contributed by atoms with Gasteiger partial charge in [0.05, 0.1) is 6.42 Å². The smallest absolute Gasteiger partial charge is 0.408 e. The average molecular weight is 695 g/mol. The maximum Gasteiger partial charge on any atom is 0.408 e. The monoisotopic (exact) mass is 694 g/mol. The van der Waals surface area contributed by atoms with E-state index in [1.807, 2.05) is 49.4 Å². The van der Waals surface area contributed by atoms with Crippen molar-refractivity contribution in [2.75, 3.05) is 6.54 Å². The van der Waals surface area contributed by atoms with Crippen LogP contribution < -0.4 is 16.4 Å². The Hall–Kier alpha value is -4.41. The van der Waals surface area contributed by atoms with Crippen LogP contribution in [-0.4, -0.2) is 64.5 Å². The van der Waals surface area contributed by atoms with Crippen molar-refractivity contribution in [1.29, 1.82) is 0 Å². The van der Waals surface area contributed by atoms with Crippen LogP contribution in [0.25, 0.3) is 0 Å². The molecule has 11 nitrogen and oxygen atoms in total. The minimum atomic E-state index is -1.41. The van der Waals surface area contributed by atoms with Gasteiger partial charge in [-0.25, -0.2) is 9.59 Å². The Kier molecular flexibility index (Phi) is 16.4. The number of nitrogens with one attached hydrogen (secondary N) is 2. The predicted octanol–water partition coefficient (Wildman–Crippen LogP) is 6.06. The van der Waals surface area contributed by atoms with Crippen LogP contribution in [0.4, 0.5) is 4.79 Å². The molecule has 2 aromatic carbocycles. The van der Waals surface area contributed by atoms with Gasteiger partial charge in [-0.15, -0.1) is 0 Å². The molecule has 0 spiro atoms. The number of alkyl carbamates (subject to hydrolysis) is 1. The highest BCUT2D eigenvalue weighted by atomic mass is 16.6. The number of ether oxygens (including phenoxy) is 2. The molecule has 276 valence electrons. The number of nitrogens with two attached hydrogens (primary N) is 1. The molecule has 0 aliphatic heterocycles. The molecule has 0 fully saturated rings. The molecular formula is C39H58N4O7. The van der Waals surface area contributed by atoms with Crippen LogP contribution in [0.15, 0.2) is 54.6 Å². The van der Waals surface area contributed by atoms with Crippen molar-refractivity contribution >= 4 is 29.8 Å². The average Bonchev–Trinajstić information content (AvgIpc) is 3.00. The molecule has 2 aromatic rings. The van der Waals surface area contributed by atoms with Crippen molar-refractivity contribution < 1.29 is 33.4 Å². The van der Waals surface area contributed by atoms with E-state index in [1.165, 1.54) is 4.90 Å². The standard InChI is InChI=1S/C39H58N4O7/c1-9-10-11-12-13-17-24-43(35(46)30(26-32(40)44)42-37(48)50-39(6,7)8)33(29-22-20-27(2)21-23-29)34(45)41-31(36(47)49-38(3,4)5)25-28-18-15-14-16-19-28/h14-16,18-23,30-31,33H,9-13,17,24-26H2,1-8H3,(H2,40,44)(H,41,45)(H,42,48). The number of primary amides is 1. The largest absolute Gasteiger partial charge is 0.458 e. The first-order valence-electron chi connectivity index (χ1n) is 17.6. The lowest BCUT2D eigenvalue weighted by atomic mass is 9.99. The first-order chi connectivity index (χ1) is 23.4. The fourth-order valence-electron chi connectivity index (χ4n) is 5.37. The molecule has 0 saturated heterocycles. The van der Waals surface area contributed by atoms with Gasteiger partial charge in [0.1, 0.15) is 29.3 Å². The number of rotatable bonds is 18. The Labute approximate surface area is 298 Å². The maximum absolute atomic E-state index is 14.6. The Morgan fingerprint density at radius 2 is 1.34 bits per heavy atom. The second kappa shape index (κ2) is 19.7. The number of esters is 1. The van der Waals surface area contributed by atoms with E-state index < -0.39 is 65.5 Å². The van der Waals surface area contributed by atoms with Gasteiger partial charge in [0.25, 0.3) is 0 Å². The summed E-state index contributed by atoms with van der Waals surface area (Å²) in [6.07, 6.45) is 4.23. The Morgan fingerprint density at radius 1 is 0.760 bits per heavy atom. The lowest BCUT2D eigenvalue weighted by molar-refractivity contribution is -0.159. The van der Waals surface area contributed by atoms with Crippen LogP contribution in [0.2, 0.25) is 0 Å². The molecule has 4 N–H and O–H groups in total. The molecule has 0 aromatic heterocycles. The summed E-state index contributed by atoms with van der Waals surface area (Å²) >= 11 is 0. The molecule has 0 heterocycles. The van der Waals surface area contributed by atoms with Crippen LogP contribution in [0, 0.1) is 6.92 Å². The predicted molar refractivity (Wildman–Crippen MR) is 194 cm³/mol. The first-order valence-corrected chi connectivity index (χ1v) is 17.6. The van der Waals surface area contributed by atoms with E-state index in [0.29, 0.717) is 12.0 Å². The van der Waals surface area contributed by atoms with Gasteiger partial charge in [-0.2, -0.15) is 0 Å². The van der Waals surface area contributed by atoms with Gasteiger partial charge in [-0.3, -0.25) is 14.4 Å². The summed E-state index contributed by atoms with van der Waals surface area (Å²) in [6.45, 7) is 14.5. The Bertz CT molecular complexity index is 1400. The summed E-state index contributed by atoms with van der Waals surface area (Å²) in [5, 5.41) is 5.41. The Morgan fingerprint density at radius 3 is 1.90 bits per heavy atom. The molecule has 0 radical (unpaired) electrons. The molecule has 0 saturated carbocycles. The van der Waals surface area contributed by atoms with Gasteiger partial charge < -0.3 is 30.7 Å². The number of amides is 4. The van der Waals surface area contributed by atoms with E-state index in [2.05, 4.69) is 17.6 Å². The maximum atomic E-state index is 14.6. The number of unbranched alkanes of at least 4 members (excludes halogenated alkanes) is 5. The van der Waals surface area contributed by atoms with E-state index >= 15 is 0 Å². The van der Waals surface area contributed by atoms with Crippen molar-refractivity contribution in [3.8, 4) is 0 Å². The van der Waals surface area contributed by atoms with E-state index in [1.54, 1.807) is 53.7 Å². The molecule has 3 atom stereocenters. The molecule has 0 aliphatic carbocycles. The molecule has 50 heavy (non-hydrogen) atoms. The topological polar surface area (TPSA) is 157 Å². The van der Waals surface area contributed by atoms with Crippen molar-refractivity contribution in [3.63, 3.8) is 0 Å². The van der Waals surface area contributed by atoms with Gasteiger partial charge in [-0.05, 0) is 66.0 Å². The lowest BCUT2D eigenvalue weighted by Crippen LogP contribution is -2.55. The zero-order valence-corrected chi connectivity index (χ0v) is 31.2. The third kappa shape index (κ3) is 15.4. The molecule has 2 rings (SSSR count). The first kappa shape index (κ1) is 41.8. The number of aryl methyl sites for hydroxylation is 1. The quantitative estimate of drug-likeness (QED) is 0.126. The third-order valence-corrected chi connectivity index (χ3v) is 7.67. The summed E-state index contributed by atoms with van der Waals surface area (Å²) in [5.74, 6) is -2.73. The summed E-state index contributed by atoms with van der Waals surface area (Å²) < 4.78 is 11.1. The fraction of sp³-hybridized carbons (Fsp3) is 0.564. The molecule has 3 unspecified atom stereocenters. The summed E-state index contributed by atoms with van der Waals surface area (Å²) in [5.41, 5.74) is 6.10. The highest BCUT2D eigenvalue weighted by Crippen LogP contribution is 2.26. The van der Waals surface area contributed by atoms with Crippen LogP contribution in [0.3, 0.4) is 0 Å². The Balaban J connectivity index is 2.62. The second-order valence-corrected chi connectivity index (χ2v) is 14.8. The summed E-state index contributed by atoms with van der Waals surface area (Å²) in [4.78, 5) is 69.1. The van der Waals surface area contributed by atoms with Crippen molar-refractivity contribution in [2.45, 2.75) is 136 Å². The number of hydrogen-bond donors (Lipinski definition) is 3. The normalized spacial score (nSPS) is 13.4. The van der Waals surface area contributed by atoms with Crippen molar-refractivity contribution in [1.82, 2.24) is 15.5 Å². The van der Waals surface area contributed by atoms with Crippen LogP contribution >= 0.6 is 0 Å². The second-order valence-electron chi connectivity index (χ2n) is 14.8. The summed E-state index contributed by atoms with van der Waals surface area (Å²) in [6, 6.07) is 12.7. The minimum absolute atomic E-state index is 0.137. The number of carbonyl (C=O) groups is 5. The van der Waals surface area contributed by atoms with Gasteiger partial charge in [-0.1, -0.05) is 99.2 Å². The lowest BCUT2D eigenvalue weighted by Gasteiger charge is -2.35. The number of nitrogens with zero attached hydrogens (tertiary/aromatic N) is 1. The SMILES string of the molecule is CCCCCCCCN(C(=O)C(CC(N)=O)NC(=O)OC(C)(C)C)C(C(=O)NC(Cc1ccccc1)C(=O)OC(C)(C)C)c1ccc(C)cc1. The number of carbonyl (C=O) groups excluding carboxylic acids is 5. The van der Waals surface area contributed by atoms with Crippen LogP contribution in [0.5, 0.6) is 0 Å². The van der Waals surface area contributed by atoms with E-state index in [-0.39, 0.29) is 13.0 Å². The van der Waals surface area contributed by atoms with Crippen molar-refractivity contribution in [3.05, 3.63) is 71.3 Å². The molecular weight excluding hydrogens is 636 g/mol. The molecule has 11 heteroatoms. The minimum Gasteiger partial charge on any atom is -0.458 e. The zero-order chi connectivity index (χ0) is 37.5. The van der Waals surface area contributed by atoms with Gasteiger partial charge in [0, 0.05) is 13.0 Å². The van der Waals surface area contributed by atoms with E-state index in [4.69, 9.17) is 15.2 Å². The summed E-state index contributed by atoms with van der Waals surface area (Å²) in [7, 11) is 0. The van der Waals surface area contributed by atoms with E-state index in [9.17, 15) is 24.0 Å². The van der Waals surface area contributed by atoms with Crippen molar-refractivity contribution in [2.24, 2.45) is 5.73 Å². The molecule has 4 amide bonds. The highest BCUT2D eigenvalue weighted by molar-refractivity contribution is 5.95. The van der Waals surface area contributed by atoms with Crippen LogP contribution in [0.1, 0.15) is 116 Å². The van der Waals surface area contributed by atoms with Gasteiger partial charge in [0.2, 0.25) is 17.7 Å². The van der Waals surface area contributed by atoms with Crippen LogP contribution in [-0.2, 0) is 35.1 Å². The third-order valence-electron chi connectivity index (χ3n) is 7.67. The number of hydrogen-bond acceptors (Lipinski definition) is 7. The highest BCUT2D eigenvalue weighted by Gasteiger charge is 2.38. The molecule has 0 aliphatic rings. The zero-order valence-electron chi connectivity index (χ0n) is 31.2. The number of benzene rings is 2. The van der Waals surface area contributed by atoms with Gasteiger partial charge in [0.15, 0.2) is 0 Å². The van der Waals surface area contributed by atoms with E-state index in [0.717, 1.165) is 43.2 Å². The molecule has 0 bridgehead atoms.